The maximum absolute atomic E-state index is 13.7. The van der Waals surface area contributed by atoms with Gasteiger partial charge in [-0.3, -0.25) is 14.4 Å². The molecular weight excluding hydrogens is 424 g/mol. The highest BCUT2D eigenvalue weighted by molar-refractivity contribution is 6.23. The summed E-state index contributed by atoms with van der Waals surface area (Å²) in [6, 6.07) is 21.3. The SMILES string of the molecule is COc1ccc(N2C(=O)C3ON(c4ccccc4)C(c4ccc5c(c4)OCO5)C3C2=O)cc1. The zero-order valence-corrected chi connectivity index (χ0v) is 17.7. The molecule has 0 aromatic heterocycles. The Morgan fingerprint density at radius 3 is 2.36 bits per heavy atom. The number of hydrogen-bond donors (Lipinski definition) is 0. The van der Waals surface area contributed by atoms with Crippen LogP contribution < -0.4 is 24.2 Å². The summed E-state index contributed by atoms with van der Waals surface area (Å²) in [5.74, 6) is 0.473. The number of hydroxylamine groups is 1. The second kappa shape index (κ2) is 7.53. The van der Waals surface area contributed by atoms with Crippen molar-refractivity contribution in [3.05, 3.63) is 78.4 Å². The van der Waals surface area contributed by atoms with Crippen molar-refractivity contribution in [2.45, 2.75) is 12.1 Å². The Morgan fingerprint density at radius 2 is 1.61 bits per heavy atom. The molecule has 0 spiro atoms. The second-order valence-corrected chi connectivity index (χ2v) is 7.98. The molecule has 0 radical (unpaired) electrons. The molecule has 3 aromatic rings. The first-order valence-electron chi connectivity index (χ1n) is 10.6. The van der Waals surface area contributed by atoms with Gasteiger partial charge in [-0.1, -0.05) is 24.3 Å². The highest BCUT2D eigenvalue weighted by Gasteiger charge is 2.60. The van der Waals surface area contributed by atoms with Crippen LogP contribution in [0.5, 0.6) is 17.2 Å². The van der Waals surface area contributed by atoms with Crippen LogP contribution in [0.3, 0.4) is 0 Å². The first kappa shape index (κ1) is 19.6. The first-order chi connectivity index (χ1) is 16.2. The summed E-state index contributed by atoms with van der Waals surface area (Å²) >= 11 is 0. The summed E-state index contributed by atoms with van der Waals surface area (Å²) < 4.78 is 16.2. The van der Waals surface area contributed by atoms with Gasteiger partial charge in [-0.05, 0) is 54.1 Å². The second-order valence-electron chi connectivity index (χ2n) is 7.98. The number of anilines is 2. The van der Waals surface area contributed by atoms with E-state index in [1.165, 1.54) is 4.90 Å². The molecule has 8 heteroatoms. The molecule has 0 N–H and O–H groups in total. The van der Waals surface area contributed by atoms with E-state index in [9.17, 15) is 9.59 Å². The number of rotatable bonds is 4. The van der Waals surface area contributed by atoms with Gasteiger partial charge in [-0.25, -0.2) is 9.96 Å². The van der Waals surface area contributed by atoms with E-state index in [4.69, 9.17) is 19.0 Å². The molecule has 3 aliphatic rings. The smallest absolute Gasteiger partial charge is 0.266 e. The number of hydrogen-bond acceptors (Lipinski definition) is 7. The topological polar surface area (TPSA) is 77.5 Å². The molecule has 3 aromatic carbocycles. The number of amides is 2. The van der Waals surface area contributed by atoms with E-state index in [2.05, 4.69) is 0 Å². The number of benzene rings is 3. The van der Waals surface area contributed by atoms with Crippen molar-refractivity contribution in [2.75, 3.05) is 23.9 Å². The standard InChI is InChI=1S/C25H20N2O6/c1-30-18-10-8-16(9-11-18)26-24(28)21-22(15-7-12-19-20(13-15)32-14-31-19)27(33-23(21)25(26)29)17-5-3-2-4-6-17/h2-13,21-23H,14H2,1H3. The van der Waals surface area contributed by atoms with Gasteiger partial charge in [0.25, 0.3) is 5.91 Å². The van der Waals surface area contributed by atoms with Crippen molar-refractivity contribution >= 4 is 23.2 Å². The molecule has 3 aliphatic heterocycles. The van der Waals surface area contributed by atoms with Crippen molar-refractivity contribution in [1.82, 2.24) is 0 Å². The maximum atomic E-state index is 13.7. The zero-order valence-electron chi connectivity index (χ0n) is 17.7. The van der Waals surface area contributed by atoms with E-state index in [0.29, 0.717) is 22.9 Å². The third-order valence-electron chi connectivity index (χ3n) is 6.19. The normalized spacial score (nSPS) is 23.2. The average molecular weight is 444 g/mol. The van der Waals surface area contributed by atoms with E-state index in [1.807, 2.05) is 48.5 Å². The van der Waals surface area contributed by atoms with Gasteiger partial charge in [0.15, 0.2) is 17.6 Å². The fourth-order valence-corrected chi connectivity index (χ4v) is 4.64. The zero-order chi connectivity index (χ0) is 22.5. The first-order valence-corrected chi connectivity index (χ1v) is 10.6. The summed E-state index contributed by atoms with van der Waals surface area (Å²) in [5.41, 5.74) is 2.04. The molecule has 0 saturated carbocycles. The van der Waals surface area contributed by atoms with Crippen molar-refractivity contribution in [2.24, 2.45) is 5.92 Å². The summed E-state index contributed by atoms with van der Waals surface area (Å²) in [6.07, 6.45) is -0.935. The third-order valence-corrected chi connectivity index (χ3v) is 6.19. The Balaban J connectivity index is 1.42. The number of imide groups is 1. The molecule has 33 heavy (non-hydrogen) atoms. The van der Waals surface area contributed by atoms with Gasteiger partial charge in [0.05, 0.1) is 24.5 Å². The summed E-state index contributed by atoms with van der Waals surface area (Å²) in [7, 11) is 1.56. The Morgan fingerprint density at radius 1 is 0.848 bits per heavy atom. The lowest BCUT2D eigenvalue weighted by Crippen LogP contribution is -2.37. The Bertz CT molecular complexity index is 1230. The minimum atomic E-state index is -0.935. The van der Waals surface area contributed by atoms with Gasteiger partial charge in [0, 0.05) is 0 Å². The summed E-state index contributed by atoms with van der Waals surface area (Å²) in [6.45, 7) is 0.150. The van der Waals surface area contributed by atoms with Gasteiger partial charge in [0.1, 0.15) is 11.7 Å². The summed E-state index contributed by atoms with van der Waals surface area (Å²) in [4.78, 5) is 34.4. The Labute approximate surface area is 189 Å². The molecule has 0 aliphatic carbocycles. The van der Waals surface area contributed by atoms with Gasteiger partial charge in [0.2, 0.25) is 12.7 Å². The molecule has 2 saturated heterocycles. The van der Waals surface area contributed by atoms with E-state index in [-0.39, 0.29) is 18.6 Å². The largest absolute Gasteiger partial charge is 0.497 e. The molecular formula is C25H20N2O6. The lowest BCUT2D eigenvalue weighted by atomic mass is 9.90. The number of nitrogens with zero attached hydrogens (tertiary/aromatic N) is 2. The minimum absolute atomic E-state index is 0.150. The van der Waals surface area contributed by atoms with Gasteiger partial charge in [-0.2, -0.15) is 0 Å². The van der Waals surface area contributed by atoms with Crippen molar-refractivity contribution in [3.8, 4) is 17.2 Å². The number of ether oxygens (including phenoxy) is 3. The number of fused-ring (bicyclic) bond motifs is 2. The number of carbonyl (C=O) groups is 2. The molecule has 8 nitrogen and oxygen atoms in total. The number of para-hydroxylation sites is 1. The molecule has 3 heterocycles. The third kappa shape index (κ3) is 3.02. The molecule has 3 unspecified atom stereocenters. The van der Waals surface area contributed by atoms with Gasteiger partial charge < -0.3 is 14.2 Å². The number of methoxy groups -OCH3 is 1. The van der Waals surface area contributed by atoms with Gasteiger partial charge in [-0.15, -0.1) is 0 Å². The molecule has 2 amide bonds. The van der Waals surface area contributed by atoms with Crippen LogP contribution in [-0.4, -0.2) is 31.8 Å². The quantitative estimate of drug-likeness (QED) is 0.570. The van der Waals surface area contributed by atoms with Gasteiger partial charge >= 0.3 is 0 Å². The lowest BCUT2D eigenvalue weighted by molar-refractivity contribution is -0.126. The predicted molar refractivity (Wildman–Crippen MR) is 118 cm³/mol. The molecule has 6 rings (SSSR count). The van der Waals surface area contributed by atoms with Crippen LogP contribution in [-0.2, 0) is 14.4 Å². The Hall–Kier alpha value is -4.04. The van der Waals surface area contributed by atoms with Crippen LogP contribution in [0.2, 0.25) is 0 Å². The summed E-state index contributed by atoms with van der Waals surface area (Å²) in [5, 5.41) is 1.66. The van der Waals surface area contributed by atoms with Crippen LogP contribution >= 0.6 is 0 Å². The van der Waals surface area contributed by atoms with Crippen LogP contribution in [0, 0.1) is 5.92 Å². The van der Waals surface area contributed by atoms with Crippen molar-refractivity contribution < 1.29 is 28.6 Å². The molecule has 166 valence electrons. The average Bonchev–Trinajstić information content (AvgIpc) is 3.54. The fourth-order valence-electron chi connectivity index (χ4n) is 4.64. The van der Waals surface area contributed by atoms with E-state index in [0.717, 1.165) is 11.3 Å². The highest BCUT2D eigenvalue weighted by Crippen LogP contribution is 2.49. The van der Waals surface area contributed by atoms with Crippen LogP contribution in [0.1, 0.15) is 11.6 Å². The minimum Gasteiger partial charge on any atom is -0.497 e. The van der Waals surface area contributed by atoms with E-state index in [1.54, 1.807) is 36.4 Å². The lowest BCUT2D eigenvalue weighted by Gasteiger charge is -2.28. The Kier molecular flexibility index (Phi) is 4.48. The molecule has 3 atom stereocenters. The monoisotopic (exact) mass is 444 g/mol. The van der Waals surface area contributed by atoms with Crippen molar-refractivity contribution in [3.63, 3.8) is 0 Å². The highest BCUT2D eigenvalue weighted by atomic mass is 16.7. The van der Waals surface area contributed by atoms with Crippen LogP contribution in [0.4, 0.5) is 11.4 Å². The fraction of sp³-hybridized carbons (Fsp3) is 0.200. The molecule has 0 bridgehead atoms. The molecule has 2 fully saturated rings. The van der Waals surface area contributed by atoms with Crippen molar-refractivity contribution in [1.29, 1.82) is 0 Å². The maximum Gasteiger partial charge on any atom is 0.266 e. The van der Waals surface area contributed by atoms with Crippen LogP contribution in [0.25, 0.3) is 0 Å². The number of carbonyl (C=O) groups excluding carboxylic acids is 2. The predicted octanol–water partition coefficient (Wildman–Crippen LogP) is 3.48. The van der Waals surface area contributed by atoms with E-state index >= 15 is 0 Å². The van der Waals surface area contributed by atoms with E-state index < -0.39 is 18.1 Å². The van der Waals surface area contributed by atoms with Crippen LogP contribution in [0.15, 0.2) is 72.8 Å².